The third kappa shape index (κ3) is 3.52. The standard InChI is InChI=1S/C13H17ClN2O3/c14-10-7-9(8-11(17)12(10)18)13(19)15-3-6-16-4-1-2-5-16/h7-8,17-18H,1-6H2,(H,15,19). The number of hydrogen-bond acceptors (Lipinski definition) is 4. The van der Waals surface area contributed by atoms with Crippen LogP contribution in [0.4, 0.5) is 0 Å². The number of carbonyl (C=O) groups is 1. The largest absolute Gasteiger partial charge is 0.504 e. The molecule has 1 aliphatic heterocycles. The molecule has 0 saturated carbocycles. The SMILES string of the molecule is O=C(NCCN1CCCC1)c1cc(O)c(O)c(Cl)c1. The number of amides is 1. The predicted molar refractivity (Wildman–Crippen MR) is 72.8 cm³/mol. The lowest BCUT2D eigenvalue weighted by Gasteiger charge is -2.14. The minimum atomic E-state index is -0.407. The van der Waals surface area contributed by atoms with Crippen molar-refractivity contribution in [3.8, 4) is 11.5 Å². The summed E-state index contributed by atoms with van der Waals surface area (Å²) in [6.45, 7) is 3.55. The number of aromatic hydroxyl groups is 2. The molecule has 0 aromatic heterocycles. The van der Waals surface area contributed by atoms with Crippen LogP contribution < -0.4 is 5.32 Å². The zero-order chi connectivity index (χ0) is 13.8. The summed E-state index contributed by atoms with van der Waals surface area (Å²) in [5.74, 6) is -1.11. The van der Waals surface area contributed by atoms with Crippen LogP contribution in [0.25, 0.3) is 0 Å². The van der Waals surface area contributed by atoms with Crippen molar-refractivity contribution in [3.63, 3.8) is 0 Å². The number of benzene rings is 1. The van der Waals surface area contributed by atoms with Crippen molar-refractivity contribution < 1.29 is 15.0 Å². The molecule has 5 nitrogen and oxygen atoms in total. The predicted octanol–water partition coefficient (Wildman–Crippen LogP) is 1.58. The van der Waals surface area contributed by atoms with E-state index < -0.39 is 11.5 Å². The molecule has 2 rings (SSSR count). The fourth-order valence-electron chi connectivity index (χ4n) is 2.15. The zero-order valence-electron chi connectivity index (χ0n) is 10.5. The highest BCUT2D eigenvalue weighted by atomic mass is 35.5. The summed E-state index contributed by atoms with van der Waals surface area (Å²) >= 11 is 5.70. The molecule has 1 aromatic carbocycles. The Morgan fingerprint density at radius 3 is 2.63 bits per heavy atom. The Bertz CT molecular complexity index is 450. The van der Waals surface area contributed by atoms with Crippen LogP contribution in [0.1, 0.15) is 23.2 Å². The van der Waals surface area contributed by atoms with Crippen LogP contribution in [0, 0.1) is 0 Å². The molecule has 1 aliphatic rings. The monoisotopic (exact) mass is 284 g/mol. The van der Waals surface area contributed by atoms with Crippen molar-refractivity contribution in [3.05, 3.63) is 22.7 Å². The Morgan fingerprint density at radius 2 is 2.00 bits per heavy atom. The highest BCUT2D eigenvalue weighted by Crippen LogP contribution is 2.33. The summed E-state index contributed by atoms with van der Waals surface area (Å²) in [6, 6.07) is 2.54. The Kier molecular flexibility index (Phi) is 4.50. The normalized spacial score (nSPS) is 15.6. The molecule has 6 heteroatoms. The summed E-state index contributed by atoms with van der Waals surface area (Å²) < 4.78 is 0. The number of likely N-dealkylation sites (tertiary alicyclic amines) is 1. The quantitative estimate of drug-likeness (QED) is 0.734. The molecule has 1 fully saturated rings. The van der Waals surface area contributed by atoms with E-state index in [2.05, 4.69) is 10.2 Å². The third-order valence-electron chi connectivity index (χ3n) is 3.22. The average Bonchev–Trinajstić information content (AvgIpc) is 2.88. The Morgan fingerprint density at radius 1 is 1.32 bits per heavy atom. The van der Waals surface area contributed by atoms with Gasteiger partial charge < -0.3 is 20.4 Å². The van der Waals surface area contributed by atoms with Gasteiger partial charge in [0.15, 0.2) is 11.5 Å². The maximum atomic E-state index is 11.9. The first-order chi connectivity index (χ1) is 9.08. The van der Waals surface area contributed by atoms with Gasteiger partial charge in [-0.1, -0.05) is 11.6 Å². The molecule has 1 amide bonds. The van der Waals surface area contributed by atoms with Crippen LogP contribution in [0.15, 0.2) is 12.1 Å². The summed E-state index contributed by atoms with van der Waals surface area (Å²) in [4.78, 5) is 14.1. The van der Waals surface area contributed by atoms with Gasteiger partial charge in [-0.05, 0) is 38.1 Å². The molecule has 0 atom stereocenters. The average molecular weight is 285 g/mol. The van der Waals surface area contributed by atoms with Gasteiger partial charge in [0.05, 0.1) is 5.02 Å². The molecule has 0 unspecified atom stereocenters. The number of halogens is 1. The topological polar surface area (TPSA) is 72.8 Å². The van der Waals surface area contributed by atoms with Gasteiger partial charge in [0, 0.05) is 18.7 Å². The molecule has 1 saturated heterocycles. The van der Waals surface area contributed by atoms with Crippen molar-refractivity contribution in [2.75, 3.05) is 26.2 Å². The summed E-state index contributed by atoms with van der Waals surface area (Å²) in [7, 11) is 0. The Hall–Kier alpha value is -1.46. The molecule has 0 aliphatic carbocycles. The second-order valence-electron chi connectivity index (χ2n) is 4.63. The number of phenols is 2. The van der Waals surface area contributed by atoms with Crippen molar-refractivity contribution in [2.45, 2.75) is 12.8 Å². The molecule has 3 N–H and O–H groups in total. The lowest BCUT2D eigenvalue weighted by molar-refractivity contribution is 0.0949. The van der Waals surface area contributed by atoms with Crippen LogP contribution in [-0.2, 0) is 0 Å². The smallest absolute Gasteiger partial charge is 0.251 e. The number of phenolic OH excluding ortho intramolecular Hbond substituents is 2. The van der Waals surface area contributed by atoms with Crippen molar-refractivity contribution in [1.82, 2.24) is 10.2 Å². The van der Waals surface area contributed by atoms with Crippen LogP contribution in [-0.4, -0.2) is 47.2 Å². The van der Waals surface area contributed by atoms with E-state index in [4.69, 9.17) is 11.6 Å². The van der Waals surface area contributed by atoms with Crippen molar-refractivity contribution in [2.24, 2.45) is 0 Å². The van der Waals surface area contributed by atoms with E-state index >= 15 is 0 Å². The zero-order valence-corrected chi connectivity index (χ0v) is 11.3. The van der Waals surface area contributed by atoms with E-state index in [1.807, 2.05) is 0 Å². The second kappa shape index (κ2) is 6.12. The van der Waals surface area contributed by atoms with E-state index in [1.165, 1.54) is 25.0 Å². The lowest BCUT2D eigenvalue weighted by Crippen LogP contribution is -2.33. The maximum Gasteiger partial charge on any atom is 0.251 e. The first-order valence-electron chi connectivity index (χ1n) is 6.30. The summed E-state index contributed by atoms with van der Waals surface area (Å²) in [6.07, 6.45) is 2.44. The molecule has 0 bridgehead atoms. The van der Waals surface area contributed by atoms with Gasteiger partial charge in [-0.3, -0.25) is 4.79 Å². The molecular formula is C13H17ClN2O3. The molecule has 104 valence electrons. The summed E-state index contributed by atoms with van der Waals surface area (Å²) in [5, 5.41) is 21.4. The molecule has 0 radical (unpaired) electrons. The van der Waals surface area contributed by atoms with Crippen LogP contribution in [0.5, 0.6) is 11.5 Å². The van der Waals surface area contributed by atoms with E-state index in [9.17, 15) is 15.0 Å². The molecule has 1 heterocycles. The second-order valence-corrected chi connectivity index (χ2v) is 5.04. The van der Waals surface area contributed by atoms with Gasteiger partial charge in [0.2, 0.25) is 0 Å². The Balaban J connectivity index is 1.88. The summed E-state index contributed by atoms with van der Waals surface area (Å²) in [5.41, 5.74) is 0.238. The molecule has 19 heavy (non-hydrogen) atoms. The number of hydrogen-bond donors (Lipinski definition) is 3. The van der Waals surface area contributed by atoms with Crippen molar-refractivity contribution >= 4 is 17.5 Å². The number of nitrogens with zero attached hydrogens (tertiary/aromatic N) is 1. The van der Waals surface area contributed by atoms with E-state index in [0.717, 1.165) is 19.6 Å². The van der Waals surface area contributed by atoms with Gasteiger partial charge in [0.1, 0.15) is 0 Å². The van der Waals surface area contributed by atoms with Crippen LogP contribution >= 0.6 is 11.6 Å². The molecule has 0 spiro atoms. The van der Waals surface area contributed by atoms with E-state index in [-0.39, 0.29) is 16.5 Å². The minimum Gasteiger partial charge on any atom is -0.504 e. The van der Waals surface area contributed by atoms with Gasteiger partial charge in [-0.25, -0.2) is 0 Å². The van der Waals surface area contributed by atoms with E-state index in [1.54, 1.807) is 0 Å². The fraction of sp³-hybridized carbons (Fsp3) is 0.462. The number of rotatable bonds is 4. The first-order valence-corrected chi connectivity index (χ1v) is 6.68. The molecule has 1 aromatic rings. The highest BCUT2D eigenvalue weighted by molar-refractivity contribution is 6.32. The van der Waals surface area contributed by atoms with E-state index in [0.29, 0.717) is 6.54 Å². The van der Waals surface area contributed by atoms with Gasteiger partial charge in [0.25, 0.3) is 5.91 Å². The number of nitrogens with one attached hydrogen (secondary N) is 1. The minimum absolute atomic E-state index is 0.0373. The third-order valence-corrected chi connectivity index (χ3v) is 3.51. The van der Waals surface area contributed by atoms with Gasteiger partial charge >= 0.3 is 0 Å². The highest BCUT2D eigenvalue weighted by Gasteiger charge is 2.14. The van der Waals surface area contributed by atoms with Crippen LogP contribution in [0.3, 0.4) is 0 Å². The molecular weight excluding hydrogens is 268 g/mol. The Labute approximate surface area is 116 Å². The van der Waals surface area contributed by atoms with Crippen LogP contribution in [0.2, 0.25) is 5.02 Å². The lowest BCUT2D eigenvalue weighted by atomic mass is 10.2. The first kappa shape index (κ1) is 14.0. The van der Waals surface area contributed by atoms with Gasteiger partial charge in [-0.15, -0.1) is 0 Å². The van der Waals surface area contributed by atoms with Gasteiger partial charge in [-0.2, -0.15) is 0 Å². The maximum absolute atomic E-state index is 11.9. The fourth-order valence-corrected chi connectivity index (χ4v) is 2.37. The van der Waals surface area contributed by atoms with Crippen molar-refractivity contribution in [1.29, 1.82) is 0 Å². The number of carbonyl (C=O) groups excluding carboxylic acids is 1.